The number of benzene rings is 3. The van der Waals surface area contributed by atoms with Crippen molar-refractivity contribution in [2.75, 3.05) is 13.2 Å². The zero-order valence-corrected chi connectivity index (χ0v) is 17.9. The predicted molar refractivity (Wildman–Crippen MR) is 122 cm³/mol. The van der Waals surface area contributed by atoms with Gasteiger partial charge in [-0.1, -0.05) is 42.5 Å². The smallest absolute Gasteiger partial charge is 0.293 e. The molecule has 3 aromatic carbocycles. The molecule has 162 valence electrons. The van der Waals surface area contributed by atoms with Crippen molar-refractivity contribution >= 4 is 29.0 Å². The number of para-hydroxylation sites is 1. The standard InChI is InChI=1S/C25H20FNO4S/c26-20-11-9-18(10-12-20)17-31-22-8-4-5-19(15-22)16-23-24(28)27(25(29)32-23)13-14-30-21-6-2-1-3-7-21/h1-12,15-16H,13-14,17H2/b23-16-. The molecule has 3 aromatic rings. The first-order valence-corrected chi connectivity index (χ1v) is 10.8. The van der Waals surface area contributed by atoms with E-state index in [0.717, 1.165) is 22.9 Å². The molecule has 0 aliphatic carbocycles. The Morgan fingerprint density at radius 2 is 1.62 bits per heavy atom. The van der Waals surface area contributed by atoms with E-state index in [4.69, 9.17) is 9.47 Å². The molecule has 7 heteroatoms. The Morgan fingerprint density at radius 3 is 2.41 bits per heavy atom. The SMILES string of the molecule is O=C1S/C(=C\c2cccc(OCc3ccc(F)cc3)c2)C(=O)N1CCOc1ccccc1. The highest BCUT2D eigenvalue weighted by molar-refractivity contribution is 8.18. The number of imide groups is 1. The van der Waals surface area contributed by atoms with E-state index in [0.29, 0.717) is 23.0 Å². The van der Waals surface area contributed by atoms with Crippen LogP contribution in [0, 0.1) is 5.82 Å². The molecule has 0 unspecified atom stereocenters. The van der Waals surface area contributed by atoms with Crippen molar-refractivity contribution in [3.05, 3.63) is 101 Å². The molecule has 0 N–H and O–H groups in total. The fraction of sp³-hybridized carbons (Fsp3) is 0.120. The number of hydrogen-bond donors (Lipinski definition) is 0. The second kappa shape index (κ2) is 10.2. The third-order valence-corrected chi connectivity index (χ3v) is 5.58. The maximum absolute atomic E-state index is 13.0. The summed E-state index contributed by atoms with van der Waals surface area (Å²) in [5.74, 6) is 0.664. The van der Waals surface area contributed by atoms with Gasteiger partial charge in [-0.25, -0.2) is 4.39 Å². The van der Waals surface area contributed by atoms with Crippen LogP contribution in [0.1, 0.15) is 11.1 Å². The van der Waals surface area contributed by atoms with Crippen LogP contribution >= 0.6 is 11.8 Å². The molecular weight excluding hydrogens is 429 g/mol. The Morgan fingerprint density at radius 1 is 0.875 bits per heavy atom. The normalized spacial score (nSPS) is 14.8. The number of rotatable bonds is 8. The fourth-order valence-corrected chi connectivity index (χ4v) is 3.92. The monoisotopic (exact) mass is 449 g/mol. The number of halogens is 1. The number of ether oxygens (including phenoxy) is 2. The molecule has 1 saturated heterocycles. The Hall–Kier alpha value is -3.58. The van der Waals surface area contributed by atoms with Crippen LogP contribution in [0.5, 0.6) is 11.5 Å². The lowest BCUT2D eigenvalue weighted by Gasteiger charge is -2.13. The number of amides is 2. The van der Waals surface area contributed by atoms with Gasteiger partial charge in [-0.15, -0.1) is 0 Å². The number of hydrogen-bond acceptors (Lipinski definition) is 5. The van der Waals surface area contributed by atoms with Gasteiger partial charge in [-0.3, -0.25) is 14.5 Å². The Kier molecular flexibility index (Phi) is 6.87. The van der Waals surface area contributed by atoms with Gasteiger partial charge in [0.15, 0.2) is 0 Å². The van der Waals surface area contributed by atoms with E-state index in [1.165, 1.54) is 17.0 Å². The van der Waals surface area contributed by atoms with E-state index in [1.54, 1.807) is 30.3 Å². The topological polar surface area (TPSA) is 55.8 Å². The molecule has 0 radical (unpaired) electrons. The Labute approximate surface area is 189 Å². The molecule has 1 aliphatic heterocycles. The molecule has 1 heterocycles. The van der Waals surface area contributed by atoms with Gasteiger partial charge in [-0.2, -0.15) is 0 Å². The van der Waals surface area contributed by atoms with E-state index in [1.807, 2.05) is 42.5 Å². The third-order valence-electron chi connectivity index (χ3n) is 4.68. The summed E-state index contributed by atoms with van der Waals surface area (Å²) >= 11 is 0.907. The first-order valence-electron chi connectivity index (χ1n) is 9.99. The summed E-state index contributed by atoms with van der Waals surface area (Å²) in [7, 11) is 0. The van der Waals surface area contributed by atoms with E-state index in [-0.39, 0.29) is 30.1 Å². The second-order valence-corrected chi connectivity index (χ2v) is 7.98. The van der Waals surface area contributed by atoms with Crippen molar-refractivity contribution in [1.82, 2.24) is 4.90 Å². The molecule has 4 rings (SSSR count). The summed E-state index contributed by atoms with van der Waals surface area (Å²) in [5.41, 5.74) is 1.59. The molecule has 0 atom stereocenters. The van der Waals surface area contributed by atoms with Gasteiger partial charge >= 0.3 is 0 Å². The average molecular weight is 450 g/mol. The number of nitrogens with zero attached hydrogens (tertiary/aromatic N) is 1. The largest absolute Gasteiger partial charge is 0.492 e. The fourth-order valence-electron chi connectivity index (χ4n) is 3.06. The molecule has 5 nitrogen and oxygen atoms in total. The van der Waals surface area contributed by atoms with Crippen LogP contribution in [0.25, 0.3) is 6.08 Å². The lowest BCUT2D eigenvalue weighted by molar-refractivity contribution is -0.123. The van der Waals surface area contributed by atoms with Crippen molar-refractivity contribution in [2.24, 2.45) is 0 Å². The third kappa shape index (κ3) is 5.56. The highest BCUT2D eigenvalue weighted by Crippen LogP contribution is 2.32. The first-order chi connectivity index (χ1) is 15.6. The van der Waals surface area contributed by atoms with Gasteiger partial charge in [0.1, 0.15) is 30.5 Å². The van der Waals surface area contributed by atoms with Gasteiger partial charge in [0, 0.05) is 0 Å². The van der Waals surface area contributed by atoms with E-state index in [9.17, 15) is 14.0 Å². The van der Waals surface area contributed by atoms with Crippen LogP contribution in [-0.4, -0.2) is 29.2 Å². The Bertz CT molecular complexity index is 1130. The molecule has 32 heavy (non-hydrogen) atoms. The minimum atomic E-state index is -0.339. The average Bonchev–Trinajstić information content (AvgIpc) is 3.07. The second-order valence-electron chi connectivity index (χ2n) is 6.98. The molecular formula is C25H20FNO4S. The van der Waals surface area contributed by atoms with E-state index >= 15 is 0 Å². The minimum absolute atomic E-state index is 0.178. The van der Waals surface area contributed by atoms with Gasteiger partial charge in [-0.05, 0) is 65.4 Å². The van der Waals surface area contributed by atoms with Crippen molar-refractivity contribution in [1.29, 1.82) is 0 Å². The highest BCUT2D eigenvalue weighted by Gasteiger charge is 2.34. The van der Waals surface area contributed by atoms with Gasteiger partial charge in [0.25, 0.3) is 11.1 Å². The van der Waals surface area contributed by atoms with Crippen molar-refractivity contribution in [2.45, 2.75) is 6.61 Å². The summed E-state index contributed by atoms with van der Waals surface area (Å²) in [5, 5.41) is -0.318. The summed E-state index contributed by atoms with van der Waals surface area (Å²) in [4.78, 5) is 26.5. The number of carbonyl (C=O) groups is 2. The molecule has 0 bridgehead atoms. The molecule has 1 aliphatic rings. The first kappa shape index (κ1) is 21.6. The Balaban J connectivity index is 1.36. The molecule has 0 spiro atoms. The molecule has 0 saturated carbocycles. The van der Waals surface area contributed by atoms with Crippen molar-refractivity contribution in [3.8, 4) is 11.5 Å². The summed E-state index contributed by atoms with van der Waals surface area (Å²) in [6.45, 7) is 0.696. The zero-order valence-electron chi connectivity index (χ0n) is 17.1. The summed E-state index contributed by atoms with van der Waals surface area (Å²) < 4.78 is 24.4. The maximum Gasteiger partial charge on any atom is 0.293 e. The van der Waals surface area contributed by atoms with Crippen LogP contribution < -0.4 is 9.47 Å². The lowest BCUT2D eigenvalue weighted by Crippen LogP contribution is -2.32. The summed E-state index contributed by atoms with van der Waals surface area (Å²) in [6, 6.07) is 22.6. The van der Waals surface area contributed by atoms with Crippen LogP contribution in [0.15, 0.2) is 83.8 Å². The van der Waals surface area contributed by atoms with Crippen LogP contribution in [0.2, 0.25) is 0 Å². The predicted octanol–water partition coefficient (Wildman–Crippen LogP) is 5.52. The minimum Gasteiger partial charge on any atom is -0.492 e. The van der Waals surface area contributed by atoms with Crippen LogP contribution in [0.4, 0.5) is 9.18 Å². The molecule has 1 fully saturated rings. The molecule has 2 amide bonds. The van der Waals surface area contributed by atoms with Crippen LogP contribution in [0.3, 0.4) is 0 Å². The lowest BCUT2D eigenvalue weighted by atomic mass is 10.2. The molecule has 0 aromatic heterocycles. The van der Waals surface area contributed by atoms with Gasteiger partial charge in [0.2, 0.25) is 0 Å². The summed E-state index contributed by atoms with van der Waals surface area (Å²) in [6.07, 6.45) is 1.67. The zero-order chi connectivity index (χ0) is 22.3. The van der Waals surface area contributed by atoms with Crippen molar-refractivity contribution < 1.29 is 23.5 Å². The number of carbonyl (C=O) groups excluding carboxylic acids is 2. The van der Waals surface area contributed by atoms with Crippen molar-refractivity contribution in [3.63, 3.8) is 0 Å². The van der Waals surface area contributed by atoms with Gasteiger partial charge < -0.3 is 9.47 Å². The quantitative estimate of drug-likeness (QED) is 0.424. The van der Waals surface area contributed by atoms with Crippen LogP contribution in [-0.2, 0) is 11.4 Å². The highest BCUT2D eigenvalue weighted by atomic mass is 32.2. The maximum atomic E-state index is 13.0. The van der Waals surface area contributed by atoms with Gasteiger partial charge in [0.05, 0.1) is 11.4 Å². The number of thioether (sulfide) groups is 1. The van der Waals surface area contributed by atoms with E-state index in [2.05, 4.69) is 0 Å². The van der Waals surface area contributed by atoms with E-state index < -0.39 is 0 Å².